The summed E-state index contributed by atoms with van der Waals surface area (Å²) in [5, 5.41) is 19.8. The van der Waals surface area contributed by atoms with Gasteiger partial charge in [0.2, 0.25) is 0 Å². The van der Waals surface area contributed by atoms with Crippen LogP contribution in [0.4, 0.5) is 0 Å². The Morgan fingerprint density at radius 1 is 1.47 bits per heavy atom. The molecule has 0 saturated carbocycles. The van der Waals surface area contributed by atoms with Gasteiger partial charge in [-0.1, -0.05) is 0 Å². The summed E-state index contributed by atoms with van der Waals surface area (Å²) in [4.78, 5) is 12.5. The number of aromatic nitrogens is 4. The molecular formula is C11H14N4O3S. The Bertz CT molecular complexity index is 549. The van der Waals surface area contributed by atoms with Gasteiger partial charge in [-0.3, -0.25) is 4.57 Å². The van der Waals surface area contributed by atoms with Gasteiger partial charge in [-0.25, -0.2) is 15.0 Å². The first-order valence-electron chi connectivity index (χ1n) is 5.90. The van der Waals surface area contributed by atoms with Crippen molar-refractivity contribution < 1.29 is 14.9 Å². The number of aliphatic hydroxyl groups is 2. The molecule has 0 aromatic carbocycles. The van der Waals surface area contributed by atoms with Gasteiger partial charge >= 0.3 is 0 Å². The summed E-state index contributed by atoms with van der Waals surface area (Å²) >= 11 is 1.52. The van der Waals surface area contributed by atoms with Gasteiger partial charge in [-0.05, 0) is 6.26 Å². The fourth-order valence-corrected chi connectivity index (χ4v) is 2.97. The maximum atomic E-state index is 9.80. The molecule has 1 unspecified atom stereocenters. The molecule has 3 heterocycles. The second-order valence-electron chi connectivity index (χ2n) is 4.32. The van der Waals surface area contributed by atoms with Crippen molar-refractivity contribution in [2.24, 2.45) is 0 Å². The predicted molar refractivity (Wildman–Crippen MR) is 67.8 cm³/mol. The van der Waals surface area contributed by atoms with Crippen LogP contribution >= 0.6 is 11.8 Å². The molecule has 0 bridgehead atoms. The van der Waals surface area contributed by atoms with Crippen molar-refractivity contribution in [2.75, 3.05) is 12.9 Å². The molecule has 7 nitrogen and oxygen atoms in total. The first kappa shape index (κ1) is 12.8. The van der Waals surface area contributed by atoms with Crippen LogP contribution in [0.2, 0.25) is 0 Å². The maximum absolute atomic E-state index is 9.80. The van der Waals surface area contributed by atoms with E-state index in [-0.39, 0.29) is 12.8 Å². The Balaban J connectivity index is 1.99. The smallest absolute Gasteiger partial charge is 0.183 e. The Kier molecular flexibility index (Phi) is 3.40. The molecule has 2 N–H and O–H groups in total. The zero-order valence-electron chi connectivity index (χ0n) is 10.3. The van der Waals surface area contributed by atoms with Gasteiger partial charge in [0.1, 0.15) is 35.7 Å². The number of imidazole rings is 1. The van der Waals surface area contributed by atoms with Crippen LogP contribution in [0, 0.1) is 0 Å². The number of nitrogens with zero attached hydrogens (tertiary/aromatic N) is 4. The molecule has 0 aliphatic carbocycles. The molecule has 8 heteroatoms. The number of thioether (sulfide) groups is 1. The highest BCUT2D eigenvalue weighted by atomic mass is 32.2. The fourth-order valence-electron chi connectivity index (χ4n) is 2.25. The zero-order chi connectivity index (χ0) is 13.4. The highest BCUT2D eigenvalue weighted by Crippen LogP contribution is 2.35. The topological polar surface area (TPSA) is 93.3 Å². The molecule has 0 aromatic heterocycles. The Hall–Kier alpha value is -1.22. The van der Waals surface area contributed by atoms with E-state index in [1.165, 1.54) is 18.1 Å². The molecular weight excluding hydrogens is 268 g/mol. The molecule has 0 aromatic rings. The number of aliphatic hydroxyl groups excluding tert-OH is 2. The molecule has 3 aliphatic heterocycles. The van der Waals surface area contributed by atoms with Gasteiger partial charge in [0, 0.05) is 6.42 Å². The van der Waals surface area contributed by atoms with E-state index in [4.69, 9.17) is 9.84 Å². The molecule has 3 rings (SSSR count). The van der Waals surface area contributed by atoms with E-state index in [1.807, 2.05) is 10.8 Å². The van der Waals surface area contributed by atoms with Crippen LogP contribution in [0.15, 0.2) is 17.7 Å². The fraction of sp³-hybridized carbons (Fsp3) is 0.545. The van der Waals surface area contributed by atoms with E-state index in [9.17, 15) is 5.11 Å². The Morgan fingerprint density at radius 2 is 2.32 bits per heavy atom. The lowest BCUT2D eigenvalue weighted by Gasteiger charge is -2.19. The third-order valence-corrected chi connectivity index (χ3v) is 4.00. The van der Waals surface area contributed by atoms with E-state index in [1.54, 1.807) is 6.33 Å². The van der Waals surface area contributed by atoms with Gasteiger partial charge in [0.15, 0.2) is 5.82 Å². The average Bonchev–Trinajstić information content (AvgIpc) is 3.03. The van der Waals surface area contributed by atoms with Crippen molar-refractivity contribution in [3.8, 4) is 11.5 Å². The molecule has 3 atom stereocenters. The molecule has 0 spiro atoms. The molecule has 0 amide bonds. The van der Waals surface area contributed by atoms with Gasteiger partial charge in [-0.2, -0.15) is 0 Å². The molecule has 102 valence electrons. The van der Waals surface area contributed by atoms with Crippen molar-refractivity contribution in [1.29, 1.82) is 0 Å². The molecule has 3 aliphatic rings. The van der Waals surface area contributed by atoms with Gasteiger partial charge in [-0.15, -0.1) is 11.8 Å². The standard InChI is InChI=1S/C11H14N4O3S/c1-19-11-9-10(13-4-12-9)14-5-15(11)8-2-6(17)7(3-16)18-8/h4-8,16-17H,2-3H2,1H3/t6-,7+,8?/m0/s1. The Morgan fingerprint density at radius 3 is 3.00 bits per heavy atom. The summed E-state index contributed by atoms with van der Waals surface area (Å²) < 4.78 is 7.47. The highest BCUT2D eigenvalue weighted by molar-refractivity contribution is 7.98. The van der Waals surface area contributed by atoms with Crippen LogP contribution in [-0.2, 0) is 4.74 Å². The number of rotatable bonds is 3. The monoisotopic (exact) mass is 282 g/mol. The third kappa shape index (κ3) is 2.10. The van der Waals surface area contributed by atoms with E-state index in [0.29, 0.717) is 12.2 Å². The predicted octanol–water partition coefficient (Wildman–Crippen LogP) is 0.140. The van der Waals surface area contributed by atoms with Crippen LogP contribution in [0.3, 0.4) is 0 Å². The molecule has 0 radical (unpaired) electrons. The summed E-state index contributed by atoms with van der Waals surface area (Å²) in [7, 11) is 0. The van der Waals surface area contributed by atoms with Gasteiger partial charge in [0.25, 0.3) is 0 Å². The van der Waals surface area contributed by atoms with Crippen molar-refractivity contribution in [1.82, 2.24) is 19.5 Å². The second-order valence-corrected chi connectivity index (χ2v) is 5.12. The number of ether oxygens (including phenoxy) is 1. The lowest BCUT2D eigenvalue weighted by Crippen LogP contribution is -2.24. The second kappa shape index (κ2) is 5.04. The highest BCUT2D eigenvalue weighted by Gasteiger charge is 2.35. The number of hydrogen-bond donors (Lipinski definition) is 2. The first-order chi connectivity index (χ1) is 9.24. The maximum Gasteiger partial charge on any atom is 0.183 e. The van der Waals surface area contributed by atoms with E-state index in [0.717, 1.165) is 10.7 Å². The van der Waals surface area contributed by atoms with Crippen LogP contribution < -0.4 is 0 Å². The van der Waals surface area contributed by atoms with Crippen molar-refractivity contribution in [3.05, 3.63) is 12.7 Å². The Labute approximate surface area is 114 Å². The van der Waals surface area contributed by atoms with E-state index < -0.39 is 12.2 Å². The summed E-state index contributed by atoms with van der Waals surface area (Å²) in [5.74, 6) is 0.595. The molecule has 19 heavy (non-hydrogen) atoms. The summed E-state index contributed by atoms with van der Waals surface area (Å²) in [6.07, 6.45) is 3.91. The largest absolute Gasteiger partial charge is 0.394 e. The summed E-state index contributed by atoms with van der Waals surface area (Å²) in [6.45, 7) is -0.196. The normalized spacial score (nSPS) is 27.2. The number of hydrogen-bond acceptors (Lipinski definition) is 7. The van der Waals surface area contributed by atoms with Crippen LogP contribution in [0.25, 0.3) is 11.5 Å². The first-order valence-corrected chi connectivity index (χ1v) is 7.13. The lowest BCUT2D eigenvalue weighted by atomic mass is 10.2. The van der Waals surface area contributed by atoms with E-state index in [2.05, 4.69) is 15.0 Å². The van der Waals surface area contributed by atoms with Gasteiger partial charge < -0.3 is 14.9 Å². The van der Waals surface area contributed by atoms with Crippen LogP contribution in [-0.4, -0.2) is 54.8 Å². The number of fused-ring (bicyclic) bond motifs is 1. The lowest BCUT2D eigenvalue weighted by molar-refractivity contribution is -0.0474. The van der Waals surface area contributed by atoms with E-state index >= 15 is 0 Å². The summed E-state index contributed by atoms with van der Waals surface area (Å²) in [6, 6.07) is 0. The average molecular weight is 282 g/mol. The van der Waals surface area contributed by atoms with Crippen molar-refractivity contribution in [3.63, 3.8) is 0 Å². The third-order valence-electron chi connectivity index (χ3n) is 3.21. The minimum absolute atomic E-state index is 0.196. The van der Waals surface area contributed by atoms with Crippen molar-refractivity contribution >= 4 is 11.8 Å². The zero-order valence-corrected chi connectivity index (χ0v) is 11.1. The quantitative estimate of drug-likeness (QED) is 0.611. The summed E-state index contributed by atoms with van der Waals surface area (Å²) in [5.41, 5.74) is 0.723. The van der Waals surface area contributed by atoms with Crippen LogP contribution in [0.1, 0.15) is 12.6 Å². The minimum Gasteiger partial charge on any atom is -0.394 e. The molecule has 1 saturated heterocycles. The van der Waals surface area contributed by atoms with Crippen molar-refractivity contribution in [2.45, 2.75) is 29.9 Å². The SMILES string of the molecule is CSc1c2ncnc-2ncn1C1C[C@H](O)[C@@H](CO)O1. The van der Waals surface area contributed by atoms with Crippen LogP contribution in [0.5, 0.6) is 0 Å². The molecule has 1 fully saturated rings. The minimum atomic E-state index is -0.668. The van der Waals surface area contributed by atoms with Gasteiger partial charge in [0.05, 0.1) is 12.7 Å².